The Balaban J connectivity index is 1.41. The number of fused-ring (bicyclic) bond motifs is 1. The van der Waals surface area contributed by atoms with Crippen LogP contribution in [0.5, 0.6) is 0 Å². The summed E-state index contributed by atoms with van der Waals surface area (Å²) in [5, 5.41) is 14.1. The fourth-order valence-electron chi connectivity index (χ4n) is 4.65. The molecule has 4 heteroatoms. The number of carbonyl (C=O) groups is 1. The van der Waals surface area contributed by atoms with Crippen molar-refractivity contribution in [3.8, 4) is 0 Å². The van der Waals surface area contributed by atoms with E-state index in [0.717, 1.165) is 42.7 Å². The number of rotatable bonds is 2. The lowest BCUT2D eigenvalue weighted by atomic mass is 9.90. The number of hydrogen-bond acceptors (Lipinski definition) is 2. The molecule has 1 unspecified atom stereocenters. The number of anilines is 1. The zero-order valence-electron chi connectivity index (χ0n) is 15.4. The summed E-state index contributed by atoms with van der Waals surface area (Å²) < 4.78 is 0. The average molecular weight is 350 g/mol. The molecule has 1 aliphatic carbocycles. The van der Waals surface area contributed by atoms with Crippen LogP contribution in [0.1, 0.15) is 29.5 Å². The van der Waals surface area contributed by atoms with E-state index in [2.05, 4.69) is 11.4 Å². The molecule has 0 spiro atoms. The molecule has 26 heavy (non-hydrogen) atoms. The molecule has 1 saturated carbocycles. The van der Waals surface area contributed by atoms with Gasteiger partial charge in [0.05, 0.1) is 5.60 Å². The number of benzene rings is 2. The van der Waals surface area contributed by atoms with Gasteiger partial charge in [0, 0.05) is 18.8 Å². The number of nitrogens with zero attached hydrogens (tertiary/aromatic N) is 1. The van der Waals surface area contributed by atoms with Crippen LogP contribution in [0.25, 0.3) is 0 Å². The van der Waals surface area contributed by atoms with Gasteiger partial charge in [-0.05, 0) is 55.7 Å². The van der Waals surface area contributed by atoms with Gasteiger partial charge in [0.25, 0.3) is 0 Å². The third-order valence-electron chi connectivity index (χ3n) is 6.00. The van der Waals surface area contributed by atoms with E-state index in [1.807, 2.05) is 61.2 Å². The summed E-state index contributed by atoms with van der Waals surface area (Å²) >= 11 is 0. The first kappa shape index (κ1) is 17.1. The van der Waals surface area contributed by atoms with Gasteiger partial charge in [-0.25, -0.2) is 4.79 Å². The van der Waals surface area contributed by atoms with Crippen molar-refractivity contribution < 1.29 is 9.90 Å². The molecule has 4 nitrogen and oxygen atoms in total. The van der Waals surface area contributed by atoms with Crippen molar-refractivity contribution in [3.63, 3.8) is 0 Å². The molecule has 0 radical (unpaired) electrons. The maximum absolute atomic E-state index is 12.7. The monoisotopic (exact) mass is 350 g/mol. The van der Waals surface area contributed by atoms with Crippen molar-refractivity contribution in [1.82, 2.24) is 4.90 Å². The van der Waals surface area contributed by atoms with Crippen LogP contribution in [-0.2, 0) is 5.60 Å². The number of amides is 2. The number of aryl methyl sites for hydroxylation is 2. The molecule has 2 aromatic carbocycles. The van der Waals surface area contributed by atoms with Crippen molar-refractivity contribution >= 4 is 11.7 Å². The number of urea groups is 1. The van der Waals surface area contributed by atoms with Crippen molar-refractivity contribution in [2.75, 3.05) is 18.4 Å². The summed E-state index contributed by atoms with van der Waals surface area (Å²) in [5.41, 5.74) is 3.40. The average Bonchev–Trinajstić information content (AvgIpc) is 3.14. The Morgan fingerprint density at radius 2 is 1.73 bits per heavy atom. The molecule has 2 aliphatic rings. The van der Waals surface area contributed by atoms with Crippen molar-refractivity contribution in [2.24, 2.45) is 11.8 Å². The van der Waals surface area contributed by atoms with Crippen molar-refractivity contribution in [3.05, 3.63) is 65.2 Å². The lowest BCUT2D eigenvalue weighted by Crippen LogP contribution is -2.35. The summed E-state index contributed by atoms with van der Waals surface area (Å²) in [7, 11) is 0. The third kappa shape index (κ3) is 3.10. The smallest absolute Gasteiger partial charge is 0.321 e. The molecule has 2 aromatic rings. The molecular formula is C22H26N2O2. The standard InChI is InChI=1S/C22H26N2O2/c1-15-8-9-20(16(2)10-15)23-21(25)24-13-17-11-22(26,12-18(17)14-24)19-6-4-3-5-7-19/h3-10,17-18,26H,11-14H2,1-2H3,(H,23,25)/t17-,18+,22?. The predicted octanol–water partition coefficient (Wildman–Crippen LogP) is 4.06. The molecule has 1 aliphatic heterocycles. The lowest BCUT2D eigenvalue weighted by Gasteiger charge is -2.26. The zero-order valence-corrected chi connectivity index (χ0v) is 15.4. The van der Waals surface area contributed by atoms with Crippen molar-refractivity contribution in [1.29, 1.82) is 0 Å². The quantitative estimate of drug-likeness (QED) is 0.858. The number of carbonyl (C=O) groups excluding carboxylic acids is 1. The number of likely N-dealkylation sites (tertiary alicyclic amines) is 1. The van der Waals surface area contributed by atoms with Gasteiger partial charge in [-0.15, -0.1) is 0 Å². The second-order valence-corrected chi connectivity index (χ2v) is 7.98. The first-order valence-electron chi connectivity index (χ1n) is 9.36. The van der Waals surface area contributed by atoms with E-state index in [4.69, 9.17) is 0 Å². The number of hydrogen-bond donors (Lipinski definition) is 2. The molecule has 1 saturated heterocycles. The summed E-state index contributed by atoms with van der Waals surface area (Å²) in [6, 6.07) is 16.0. The van der Waals surface area contributed by atoms with Gasteiger partial charge in [-0.3, -0.25) is 0 Å². The highest BCUT2D eigenvalue weighted by Gasteiger charge is 2.49. The summed E-state index contributed by atoms with van der Waals surface area (Å²) in [6.07, 6.45) is 1.46. The van der Waals surface area contributed by atoms with Gasteiger partial charge in [-0.1, -0.05) is 48.0 Å². The zero-order chi connectivity index (χ0) is 18.3. The fourth-order valence-corrected chi connectivity index (χ4v) is 4.65. The Bertz CT molecular complexity index is 804. The number of nitrogens with one attached hydrogen (secondary N) is 1. The van der Waals surface area contributed by atoms with Crippen LogP contribution in [0.2, 0.25) is 0 Å². The summed E-state index contributed by atoms with van der Waals surface area (Å²) in [5.74, 6) is 0.732. The maximum atomic E-state index is 12.7. The second kappa shape index (κ2) is 6.44. The van der Waals surface area contributed by atoms with Crippen LogP contribution in [0.4, 0.5) is 10.5 Å². The molecule has 0 bridgehead atoms. The first-order chi connectivity index (χ1) is 12.4. The van der Waals surface area contributed by atoms with Gasteiger partial charge in [0.1, 0.15) is 0 Å². The minimum Gasteiger partial charge on any atom is -0.385 e. The van der Waals surface area contributed by atoms with Crippen LogP contribution < -0.4 is 5.32 Å². The van der Waals surface area contributed by atoms with E-state index in [-0.39, 0.29) is 6.03 Å². The number of aliphatic hydroxyl groups is 1. The largest absolute Gasteiger partial charge is 0.385 e. The Labute approximate surface area is 154 Å². The topological polar surface area (TPSA) is 52.6 Å². The van der Waals surface area contributed by atoms with E-state index >= 15 is 0 Å². The SMILES string of the molecule is Cc1ccc(NC(=O)N2C[C@@H]3CC(O)(c4ccccc4)C[C@@H]3C2)c(C)c1. The highest BCUT2D eigenvalue weighted by Crippen LogP contribution is 2.48. The van der Waals surface area contributed by atoms with Gasteiger partial charge >= 0.3 is 6.03 Å². The minimum atomic E-state index is -0.743. The van der Waals surface area contributed by atoms with E-state index in [0.29, 0.717) is 11.8 Å². The third-order valence-corrected chi connectivity index (χ3v) is 6.00. The molecule has 4 rings (SSSR count). The molecule has 2 amide bonds. The molecular weight excluding hydrogens is 324 g/mol. The van der Waals surface area contributed by atoms with E-state index in [1.54, 1.807) is 0 Å². The normalized spacial score (nSPS) is 27.4. The highest BCUT2D eigenvalue weighted by atomic mass is 16.3. The Morgan fingerprint density at radius 3 is 2.35 bits per heavy atom. The molecule has 1 heterocycles. The van der Waals surface area contributed by atoms with Crippen LogP contribution in [0, 0.1) is 25.7 Å². The van der Waals surface area contributed by atoms with Gasteiger partial charge in [0.2, 0.25) is 0 Å². The van der Waals surface area contributed by atoms with Crippen LogP contribution in [-0.4, -0.2) is 29.1 Å². The predicted molar refractivity (Wildman–Crippen MR) is 103 cm³/mol. The fraction of sp³-hybridized carbons (Fsp3) is 0.409. The second-order valence-electron chi connectivity index (χ2n) is 7.98. The van der Waals surface area contributed by atoms with Crippen molar-refractivity contribution in [2.45, 2.75) is 32.3 Å². The van der Waals surface area contributed by atoms with Crippen LogP contribution >= 0.6 is 0 Å². The Morgan fingerprint density at radius 1 is 1.08 bits per heavy atom. The van der Waals surface area contributed by atoms with Crippen LogP contribution in [0.3, 0.4) is 0 Å². The molecule has 3 atom stereocenters. The van der Waals surface area contributed by atoms with Crippen LogP contribution in [0.15, 0.2) is 48.5 Å². The van der Waals surface area contributed by atoms with Gasteiger partial charge < -0.3 is 15.3 Å². The Kier molecular flexibility index (Phi) is 4.23. The van der Waals surface area contributed by atoms with Gasteiger partial charge in [0.15, 0.2) is 0 Å². The van der Waals surface area contributed by atoms with E-state index in [1.165, 1.54) is 5.56 Å². The molecule has 2 N–H and O–H groups in total. The minimum absolute atomic E-state index is 0.0328. The summed E-state index contributed by atoms with van der Waals surface area (Å²) in [6.45, 7) is 5.50. The van der Waals surface area contributed by atoms with Gasteiger partial charge in [-0.2, -0.15) is 0 Å². The lowest BCUT2D eigenvalue weighted by molar-refractivity contribution is 0.0328. The molecule has 2 fully saturated rings. The maximum Gasteiger partial charge on any atom is 0.321 e. The Hall–Kier alpha value is -2.33. The summed E-state index contributed by atoms with van der Waals surface area (Å²) in [4.78, 5) is 14.6. The molecule has 136 valence electrons. The highest BCUT2D eigenvalue weighted by molar-refractivity contribution is 5.90. The first-order valence-corrected chi connectivity index (χ1v) is 9.36. The van der Waals surface area contributed by atoms with E-state index in [9.17, 15) is 9.90 Å². The molecule has 0 aromatic heterocycles. The van der Waals surface area contributed by atoms with E-state index < -0.39 is 5.60 Å².